The van der Waals surface area contributed by atoms with Crippen LogP contribution in [0.25, 0.3) is 0 Å². The summed E-state index contributed by atoms with van der Waals surface area (Å²) in [4.78, 5) is 0. The summed E-state index contributed by atoms with van der Waals surface area (Å²) in [6.07, 6.45) is 0. The standard InChI is InChI=1S/C6H5ClO/c7-5-3-1-2-4-6-8/h8H,5-6H2. The largest absolute Gasteiger partial charge is 0.384 e. The number of alkyl halides is 1. The van der Waals surface area contributed by atoms with E-state index in [9.17, 15) is 0 Å². The van der Waals surface area contributed by atoms with E-state index < -0.39 is 0 Å². The SMILES string of the molecule is OCC#CC#CCCl. The highest BCUT2D eigenvalue weighted by Gasteiger charge is 1.58. The van der Waals surface area contributed by atoms with Gasteiger partial charge in [0.2, 0.25) is 0 Å². The van der Waals surface area contributed by atoms with Crippen LogP contribution in [0.15, 0.2) is 0 Å². The van der Waals surface area contributed by atoms with Gasteiger partial charge in [0.05, 0.1) is 5.88 Å². The van der Waals surface area contributed by atoms with Crippen molar-refractivity contribution in [3.63, 3.8) is 0 Å². The number of hydrogen-bond donors (Lipinski definition) is 1. The molecule has 0 saturated heterocycles. The number of halogens is 1. The first-order valence-corrected chi connectivity index (χ1v) is 2.58. The van der Waals surface area contributed by atoms with Gasteiger partial charge >= 0.3 is 0 Å². The molecule has 0 spiro atoms. The molecule has 0 atom stereocenters. The normalized spacial score (nSPS) is 5.75. The summed E-state index contributed by atoms with van der Waals surface area (Å²) in [6, 6.07) is 0. The Hall–Kier alpha value is -0.630. The highest BCUT2D eigenvalue weighted by atomic mass is 35.5. The summed E-state index contributed by atoms with van der Waals surface area (Å²) in [5.41, 5.74) is 0. The first-order valence-electron chi connectivity index (χ1n) is 2.04. The highest BCUT2D eigenvalue weighted by Crippen LogP contribution is 1.65. The lowest BCUT2D eigenvalue weighted by molar-refractivity contribution is 0.350. The molecule has 0 fully saturated rings. The van der Waals surface area contributed by atoms with Crippen molar-refractivity contribution < 1.29 is 5.11 Å². The molecule has 0 aliphatic heterocycles. The molecule has 1 nitrogen and oxygen atoms in total. The van der Waals surface area contributed by atoms with E-state index in [1.165, 1.54) is 0 Å². The fourth-order valence-corrected chi connectivity index (χ4v) is 0.228. The smallest absolute Gasteiger partial charge is 0.105 e. The van der Waals surface area contributed by atoms with Gasteiger partial charge in [0.15, 0.2) is 0 Å². The van der Waals surface area contributed by atoms with Gasteiger partial charge in [0.25, 0.3) is 0 Å². The fraction of sp³-hybridized carbons (Fsp3) is 0.333. The molecule has 0 rings (SSSR count). The van der Waals surface area contributed by atoms with Gasteiger partial charge in [-0.05, 0) is 11.8 Å². The maximum absolute atomic E-state index is 8.09. The van der Waals surface area contributed by atoms with Gasteiger partial charge in [-0.15, -0.1) is 11.6 Å². The van der Waals surface area contributed by atoms with Gasteiger partial charge in [-0.25, -0.2) is 0 Å². The van der Waals surface area contributed by atoms with E-state index in [1.54, 1.807) is 0 Å². The molecule has 0 aliphatic carbocycles. The van der Waals surface area contributed by atoms with E-state index in [1.807, 2.05) is 0 Å². The van der Waals surface area contributed by atoms with Crippen LogP contribution >= 0.6 is 11.6 Å². The fourth-order valence-electron chi connectivity index (χ4n) is 0.161. The minimum atomic E-state index is -0.142. The molecule has 0 bridgehead atoms. The van der Waals surface area contributed by atoms with E-state index in [4.69, 9.17) is 16.7 Å². The average molecular weight is 129 g/mol. The predicted molar refractivity (Wildman–Crippen MR) is 33.4 cm³/mol. The lowest BCUT2D eigenvalue weighted by Crippen LogP contribution is -1.68. The van der Waals surface area contributed by atoms with Gasteiger partial charge in [-0.3, -0.25) is 0 Å². The number of aliphatic hydroxyl groups excluding tert-OH is 1. The van der Waals surface area contributed by atoms with Crippen molar-refractivity contribution in [2.24, 2.45) is 0 Å². The van der Waals surface area contributed by atoms with Crippen LogP contribution < -0.4 is 0 Å². The molecule has 0 amide bonds. The summed E-state index contributed by atoms with van der Waals surface area (Å²) < 4.78 is 0. The molecule has 0 aromatic carbocycles. The Morgan fingerprint density at radius 3 is 2.38 bits per heavy atom. The maximum atomic E-state index is 8.09. The van der Waals surface area contributed by atoms with E-state index >= 15 is 0 Å². The molecule has 2 heteroatoms. The molecule has 1 N–H and O–H groups in total. The third-order valence-corrected chi connectivity index (χ3v) is 0.519. The third-order valence-electron chi connectivity index (χ3n) is 0.385. The van der Waals surface area contributed by atoms with Crippen molar-refractivity contribution in [3.8, 4) is 23.7 Å². The second kappa shape index (κ2) is 6.37. The van der Waals surface area contributed by atoms with Crippen LogP contribution in [0.2, 0.25) is 0 Å². The summed E-state index contributed by atoms with van der Waals surface area (Å²) in [6.45, 7) is -0.142. The van der Waals surface area contributed by atoms with E-state index in [0.717, 1.165) is 0 Å². The molecule has 0 unspecified atom stereocenters. The zero-order chi connectivity index (χ0) is 6.24. The Bertz CT molecular complexity index is 133. The molecule has 8 heavy (non-hydrogen) atoms. The van der Waals surface area contributed by atoms with Crippen LogP contribution in [-0.2, 0) is 0 Å². The van der Waals surface area contributed by atoms with E-state index in [0.29, 0.717) is 5.88 Å². The van der Waals surface area contributed by atoms with Crippen molar-refractivity contribution in [2.45, 2.75) is 0 Å². The van der Waals surface area contributed by atoms with Crippen molar-refractivity contribution in [1.82, 2.24) is 0 Å². The van der Waals surface area contributed by atoms with Crippen molar-refractivity contribution in [3.05, 3.63) is 0 Å². The third kappa shape index (κ3) is 5.37. The molecular weight excluding hydrogens is 124 g/mol. The highest BCUT2D eigenvalue weighted by molar-refractivity contribution is 6.19. The molecule has 0 radical (unpaired) electrons. The molecule has 42 valence electrons. The van der Waals surface area contributed by atoms with Crippen molar-refractivity contribution in [1.29, 1.82) is 0 Å². The molecule has 0 heterocycles. The summed E-state index contributed by atoms with van der Waals surface area (Å²) in [5.74, 6) is 9.99. The zero-order valence-corrected chi connectivity index (χ0v) is 5.00. The van der Waals surface area contributed by atoms with Crippen LogP contribution in [0.3, 0.4) is 0 Å². The van der Waals surface area contributed by atoms with Crippen molar-refractivity contribution in [2.75, 3.05) is 12.5 Å². The number of rotatable bonds is 0. The lowest BCUT2D eigenvalue weighted by atomic mass is 10.5. The Labute approximate surface area is 53.7 Å². The number of aliphatic hydroxyl groups is 1. The van der Waals surface area contributed by atoms with Gasteiger partial charge in [0, 0.05) is 0 Å². The van der Waals surface area contributed by atoms with Gasteiger partial charge in [-0.2, -0.15) is 0 Å². The van der Waals surface area contributed by atoms with Gasteiger partial charge in [-0.1, -0.05) is 11.8 Å². The Morgan fingerprint density at radius 1 is 1.25 bits per heavy atom. The van der Waals surface area contributed by atoms with E-state index in [-0.39, 0.29) is 6.61 Å². The summed E-state index contributed by atoms with van der Waals surface area (Å²) in [7, 11) is 0. The second-order valence-electron chi connectivity index (χ2n) is 0.895. The minimum absolute atomic E-state index is 0.142. The quantitative estimate of drug-likeness (QED) is 0.366. The van der Waals surface area contributed by atoms with Crippen LogP contribution in [0.5, 0.6) is 0 Å². The Morgan fingerprint density at radius 2 is 1.88 bits per heavy atom. The molecule has 0 aliphatic rings. The first kappa shape index (κ1) is 7.37. The maximum Gasteiger partial charge on any atom is 0.105 e. The first-order chi connectivity index (χ1) is 3.91. The monoisotopic (exact) mass is 128 g/mol. The molecule has 0 aromatic heterocycles. The minimum Gasteiger partial charge on any atom is -0.384 e. The summed E-state index contributed by atoms with van der Waals surface area (Å²) >= 11 is 5.18. The Balaban J connectivity index is 3.40. The Kier molecular flexibility index (Phi) is 5.87. The van der Waals surface area contributed by atoms with Gasteiger partial charge < -0.3 is 5.11 Å². The molecule has 0 saturated carbocycles. The topological polar surface area (TPSA) is 20.2 Å². The molecule has 0 aromatic rings. The average Bonchev–Trinajstić information content (AvgIpc) is 1.81. The van der Waals surface area contributed by atoms with Crippen LogP contribution in [0, 0.1) is 23.7 Å². The lowest BCUT2D eigenvalue weighted by Gasteiger charge is -1.63. The van der Waals surface area contributed by atoms with Crippen LogP contribution in [0.4, 0.5) is 0 Å². The number of hydrogen-bond acceptors (Lipinski definition) is 1. The van der Waals surface area contributed by atoms with Crippen LogP contribution in [0.1, 0.15) is 0 Å². The molecular formula is C6H5ClO. The van der Waals surface area contributed by atoms with Gasteiger partial charge in [0.1, 0.15) is 6.61 Å². The van der Waals surface area contributed by atoms with Crippen molar-refractivity contribution >= 4 is 11.6 Å². The zero-order valence-electron chi connectivity index (χ0n) is 4.24. The predicted octanol–water partition coefficient (Wildman–Crippen LogP) is 0.224. The second-order valence-corrected chi connectivity index (χ2v) is 1.16. The summed E-state index contributed by atoms with van der Waals surface area (Å²) in [5, 5.41) is 8.09. The van der Waals surface area contributed by atoms with E-state index in [2.05, 4.69) is 23.7 Å². The van der Waals surface area contributed by atoms with Crippen LogP contribution in [-0.4, -0.2) is 17.6 Å².